The number of nitrogens with zero attached hydrogens (tertiary/aromatic N) is 1. The number of para-hydroxylation sites is 1. The summed E-state index contributed by atoms with van der Waals surface area (Å²) < 4.78 is 29.0. The van der Waals surface area contributed by atoms with Gasteiger partial charge in [0.1, 0.15) is 5.56 Å². The minimum atomic E-state index is -1.30. The highest BCUT2D eigenvalue weighted by Crippen LogP contribution is 2.44. The Morgan fingerprint density at radius 1 is 1.14 bits per heavy atom. The SMILES string of the molecule is Cc1cc(=O)c(C(=O)O)c2n1-c1ccccc1S[C@@H](c1ccc(F)c(F)c1)C2. The standard InChI is InChI=1S/C21H15F2NO3S/c1-11-8-17(25)20(21(26)27)16-10-19(12-6-7-13(22)14(23)9-12)28-18-5-3-2-4-15(18)24(11)16/h2-9,19H,10H2,1H3,(H,26,27)/t19-/m1/s1. The minimum absolute atomic E-state index is 0.184. The average Bonchev–Trinajstić information content (AvgIpc) is 2.80. The molecule has 0 unspecified atom stereocenters. The Morgan fingerprint density at radius 2 is 1.89 bits per heavy atom. The predicted octanol–water partition coefficient (Wildman–Crippen LogP) is 4.51. The van der Waals surface area contributed by atoms with Crippen molar-refractivity contribution in [2.75, 3.05) is 0 Å². The van der Waals surface area contributed by atoms with Crippen LogP contribution in [0.1, 0.15) is 32.6 Å². The number of aromatic carboxylic acids is 1. The molecule has 1 N–H and O–H groups in total. The zero-order valence-electron chi connectivity index (χ0n) is 14.8. The number of pyridine rings is 1. The van der Waals surface area contributed by atoms with Crippen molar-refractivity contribution in [1.82, 2.24) is 4.57 Å². The first-order chi connectivity index (χ1) is 13.4. The Hall–Kier alpha value is -2.93. The van der Waals surface area contributed by atoms with E-state index in [9.17, 15) is 23.5 Å². The van der Waals surface area contributed by atoms with E-state index in [1.54, 1.807) is 11.5 Å². The van der Waals surface area contributed by atoms with E-state index in [4.69, 9.17) is 0 Å². The normalized spacial score (nSPS) is 15.5. The lowest BCUT2D eigenvalue weighted by atomic mass is 10.0. The molecule has 0 saturated carbocycles. The van der Waals surface area contributed by atoms with E-state index in [1.165, 1.54) is 23.9 Å². The van der Waals surface area contributed by atoms with Crippen molar-refractivity contribution >= 4 is 17.7 Å². The van der Waals surface area contributed by atoms with Gasteiger partial charge < -0.3 is 9.67 Å². The maximum Gasteiger partial charge on any atom is 0.341 e. The molecule has 0 fully saturated rings. The summed E-state index contributed by atoms with van der Waals surface area (Å²) in [6.07, 6.45) is 0.184. The molecule has 7 heteroatoms. The van der Waals surface area contributed by atoms with Crippen molar-refractivity contribution in [2.24, 2.45) is 0 Å². The van der Waals surface area contributed by atoms with E-state index < -0.39 is 23.0 Å². The van der Waals surface area contributed by atoms with Crippen molar-refractivity contribution in [3.05, 3.63) is 92.9 Å². The van der Waals surface area contributed by atoms with Gasteiger partial charge in [-0.3, -0.25) is 4.79 Å². The molecule has 1 aromatic heterocycles. The van der Waals surface area contributed by atoms with Gasteiger partial charge in [-0.1, -0.05) is 18.2 Å². The highest BCUT2D eigenvalue weighted by molar-refractivity contribution is 7.99. The summed E-state index contributed by atoms with van der Waals surface area (Å²) in [6.45, 7) is 1.75. The van der Waals surface area contributed by atoms with E-state index in [-0.39, 0.29) is 17.2 Å². The van der Waals surface area contributed by atoms with Gasteiger partial charge in [0.05, 0.1) is 5.69 Å². The van der Waals surface area contributed by atoms with Gasteiger partial charge in [-0.2, -0.15) is 0 Å². The Morgan fingerprint density at radius 3 is 2.61 bits per heavy atom. The maximum atomic E-state index is 13.8. The maximum absolute atomic E-state index is 13.8. The first kappa shape index (κ1) is 18.4. The molecule has 1 atom stereocenters. The van der Waals surface area contributed by atoms with E-state index >= 15 is 0 Å². The first-order valence-electron chi connectivity index (χ1n) is 8.56. The number of carboxylic acids is 1. The fraction of sp³-hybridized carbons (Fsp3) is 0.143. The Kier molecular flexibility index (Phi) is 4.55. The van der Waals surface area contributed by atoms with Crippen LogP contribution in [0.3, 0.4) is 0 Å². The topological polar surface area (TPSA) is 59.3 Å². The molecule has 2 heterocycles. The number of hydrogen-bond donors (Lipinski definition) is 1. The van der Waals surface area contributed by atoms with E-state index in [1.807, 2.05) is 24.3 Å². The predicted molar refractivity (Wildman–Crippen MR) is 102 cm³/mol. The van der Waals surface area contributed by atoms with Crippen LogP contribution in [0.2, 0.25) is 0 Å². The Balaban J connectivity index is 2.01. The second-order valence-corrected chi connectivity index (χ2v) is 7.81. The van der Waals surface area contributed by atoms with Crippen molar-refractivity contribution in [3.63, 3.8) is 0 Å². The molecule has 4 nitrogen and oxygen atoms in total. The Labute approximate surface area is 163 Å². The molecule has 28 heavy (non-hydrogen) atoms. The number of benzene rings is 2. The minimum Gasteiger partial charge on any atom is -0.477 e. The van der Waals surface area contributed by atoms with Gasteiger partial charge in [-0.25, -0.2) is 13.6 Å². The fourth-order valence-corrected chi connectivity index (χ4v) is 4.83. The van der Waals surface area contributed by atoms with E-state index in [0.717, 1.165) is 22.7 Å². The second-order valence-electron chi connectivity index (χ2n) is 6.56. The molecule has 0 saturated heterocycles. The third-order valence-electron chi connectivity index (χ3n) is 4.78. The number of rotatable bonds is 2. The highest BCUT2D eigenvalue weighted by Gasteiger charge is 2.29. The van der Waals surface area contributed by atoms with Crippen molar-refractivity contribution in [2.45, 2.75) is 23.5 Å². The van der Waals surface area contributed by atoms with Crippen LogP contribution in [0.5, 0.6) is 0 Å². The number of hydrogen-bond acceptors (Lipinski definition) is 3. The number of fused-ring (bicyclic) bond motifs is 3. The van der Waals surface area contributed by atoms with Gasteiger partial charge in [0.2, 0.25) is 0 Å². The lowest BCUT2D eigenvalue weighted by molar-refractivity contribution is 0.0693. The molecular weight excluding hydrogens is 384 g/mol. The summed E-state index contributed by atoms with van der Waals surface area (Å²) in [5.74, 6) is -3.21. The van der Waals surface area contributed by atoms with Gasteiger partial charge in [0, 0.05) is 34.0 Å². The number of carboxylic acid groups (broad SMARTS) is 1. The first-order valence-corrected chi connectivity index (χ1v) is 9.44. The van der Waals surface area contributed by atoms with Crippen LogP contribution in [0.25, 0.3) is 5.69 Å². The Bertz CT molecular complexity index is 1170. The van der Waals surface area contributed by atoms with Crippen LogP contribution >= 0.6 is 11.8 Å². The molecule has 0 radical (unpaired) electrons. The summed E-state index contributed by atoms with van der Waals surface area (Å²) in [7, 11) is 0. The van der Waals surface area contributed by atoms with Gasteiger partial charge in [-0.15, -0.1) is 11.8 Å². The number of thioether (sulfide) groups is 1. The van der Waals surface area contributed by atoms with Gasteiger partial charge in [0.25, 0.3) is 0 Å². The second kappa shape index (κ2) is 6.91. The zero-order chi connectivity index (χ0) is 20.0. The van der Waals surface area contributed by atoms with E-state index in [2.05, 4.69) is 0 Å². The largest absolute Gasteiger partial charge is 0.477 e. The van der Waals surface area contributed by atoms with Gasteiger partial charge in [0.15, 0.2) is 17.1 Å². The van der Waals surface area contributed by atoms with Gasteiger partial charge in [-0.05, 0) is 36.8 Å². The van der Waals surface area contributed by atoms with Crippen molar-refractivity contribution < 1.29 is 18.7 Å². The van der Waals surface area contributed by atoms with Crippen molar-refractivity contribution in [3.8, 4) is 5.69 Å². The zero-order valence-corrected chi connectivity index (χ0v) is 15.6. The molecule has 3 aromatic rings. The van der Waals surface area contributed by atoms with Crippen LogP contribution < -0.4 is 5.43 Å². The monoisotopic (exact) mass is 399 g/mol. The molecule has 142 valence electrons. The fourth-order valence-electron chi connectivity index (χ4n) is 3.56. The van der Waals surface area contributed by atoms with E-state index in [0.29, 0.717) is 17.0 Å². The van der Waals surface area contributed by atoms with Crippen LogP contribution in [0.15, 0.2) is 58.2 Å². The molecular formula is C21H15F2NO3S. The van der Waals surface area contributed by atoms with Crippen molar-refractivity contribution in [1.29, 1.82) is 0 Å². The van der Waals surface area contributed by atoms with Crippen LogP contribution in [-0.2, 0) is 6.42 Å². The summed E-state index contributed by atoms with van der Waals surface area (Å²) in [5, 5.41) is 9.28. The van der Waals surface area contributed by atoms with Crippen LogP contribution in [0, 0.1) is 18.6 Å². The summed E-state index contributed by atoms with van der Waals surface area (Å²) in [4.78, 5) is 25.1. The molecule has 0 amide bonds. The molecule has 1 aliphatic heterocycles. The summed E-state index contributed by atoms with van der Waals surface area (Å²) >= 11 is 1.43. The number of carbonyl (C=O) groups is 1. The molecule has 4 rings (SSSR count). The van der Waals surface area contributed by atoms with Crippen LogP contribution in [0.4, 0.5) is 8.78 Å². The average molecular weight is 399 g/mol. The molecule has 1 aliphatic rings. The molecule has 0 spiro atoms. The van der Waals surface area contributed by atoms with Crippen LogP contribution in [-0.4, -0.2) is 15.6 Å². The summed E-state index contributed by atoms with van der Waals surface area (Å²) in [5.41, 5.74) is 1.39. The summed E-state index contributed by atoms with van der Waals surface area (Å²) in [6, 6.07) is 12.4. The smallest absolute Gasteiger partial charge is 0.341 e. The highest BCUT2D eigenvalue weighted by atomic mass is 32.2. The number of aryl methyl sites for hydroxylation is 1. The molecule has 2 aromatic carbocycles. The molecule has 0 bridgehead atoms. The van der Waals surface area contributed by atoms with Gasteiger partial charge >= 0.3 is 5.97 Å². The molecule has 0 aliphatic carbocycles. The lowest BCUT2D eigenvalue weighted by Crippen LogP contribution is -2.24. The number of halogens is 2. The third-order valence-corrected chi connectivity index (χ3v) is 6.10. The number of aromatic nitrogens is 1. The quantitative estimate of drug-likeness (QED) is 0.689. The lowest BCUT2D eigenvalue weighted by Gasteiger charge is -2.18. The third kappa shape index (κ3) is 3.01.